The molecule has 0 unspecified atom stereocenters. The molecule has 3 aromatic heterocycles. The molecule has 0 aliphatic carbocycles. The molecule has 1 fully saturated rings. The van der Waals surface area contributed by atoms with Crippen molar-refractivity contribution in [1.82, 2.24) is 24.8 Å². The zero-order chi connectivity index (χ0) is 22.8. The predicted octanol–water partition coefficient (Wildman–Crippen LogP) is 4.20. The molecule has 1 saturated heterocycles. The van der Waals surface area contributed by atoms with Crippen LogP contribution in [0.15, 0.2) is 59.7 Å². The number of nitrogens with zero attached hydrogens (tertiary/aromatic N) is 4. The third-order valence-corrected chi connectivity index (χ3v) is 5.01. The fourth-order valence-electron chi connectivity index (χ4n) is 3.42. The second kappa shape index (κ2) is 12.0. The molecule has 0 radical (unpaired) electrons. The van der Waals surface area contributed by atoms with Crippen LogP contribution in [0, 0.1) is 0 Å². The van der Waals surface area contributed by atoms with Gasteiger partial charge in [-0.25, -0.2) is 15.0 Å². The molecular formula is C24H31N5O3. The average Bonchev–Trinajstić information content (AvgIpc) is 3.49. The molecule has 1 aliphatic rings. The standard InChI is InChI=1S/C18H18N4O3.C6H13N/c1-3-5-12(16(4-2)24-9-7-23)17-21-13-10-14(18-19-6-8-25-18)20-11-15(13)22-17;1-7-5-3-2-4-6-7/h3-6,8,10-11,23H,1,7,9H2,2H3,(H,21,22);2-6H2,1H3/b12-5+,16-4+;. The quantitative estimate of drug-likeness (QED) is 0.422. The maximum Gasteiger partial charge on any atom is 0.245 e. The van der Waals surface area contributed by atoms with Crippen molar-refractivity contribution in [2.75, 3.05) is 33.4 Å². The number of aromatic amines is 1. The van der Waals surface area contributed by atoms with Gasteiger partial charge in [-0.3, -0.25) is 0 Å². The summed E-state index contributed by atoms with van der Waals surface area (Å²) < 4.78 is 10.9. The van der Waals surface area contributed by atoms with Crippen LogP contribution in [0.1, 0.15) is 32.0 Å². The van der Waals surface area contributed by atoms with Crippen LogP contribution in [0.2, 0.25) is 0 Å². The van der Waals surface area contributed by atoms with Gasteiger partial charge in [-0.05, 0) is 58.1 Å². The average molecular weight is 438 g/mol. The molecule has 0 spiro atoms. The Labute approximate surface area is 188 Å². The summed E-state index contributed by atoms with van der Waals surface area (Å²) in [5, 5.41) is 8.99. The third kappa shape index (κ3) is 6.15. The summed E-state index contributed by atoms with van der Waals surface area (Å²) >= 11 is 0. The topological polar surface area (TPSA) is 100 Å². The summed E-state index contributed by atoms with van der Waals surface area (Å²) in [5.74, 6) is 1.66. The number of fused-ring (bicyclic) bond motifs is 1. The maximum absolute atomic E-state index is 8.99. The van der Waals surface area contributed by atoms with Gasteiger partial charge in [0, 0.05) is 0 Å². The van der Waals surface area contributed by atoms with Gasteiger partial charge in [-0.15, -0.1) is 0 Å². The van der Waals surface area contributed by atoms with Crippen molar-refractivity contribution in [3.8, 4) is 11.6 Å². The fourth-order valence-corrected chi connectivity index (χ4v) is 3.42. The minimum Gasteiger partial charge on any atom is -0.491 e. The van der Waals surface area contributed by atoms with E-state index in [0.717, 1.165) is 16.6 Å². The van der Waals surface area contributed by atoms with E-state index in [2.05, 4.69) is 38.5 Å². The molecule has 4 heterocycles. The van der Waals surface area contributed by atoms with E-state index in [1.54, 1.807) is 30.6 Å². The van der Waals surface area contributed by atoms with Crippen molar-refractivity contribution in [2.24, 2.45) is 0 Å². The van der Waals surface area contributed by atoms with Crippen molar-refractivity contribution >= 4 is 16.6 Å². The molecule has 4 rings (SSSR count). The zero-order valence-corrected chi connectivity index (χ0v) is 18.8. The molecular weight excluding hydrogens is 406 g/mol. The number of pyridine rings is 1. The number of likely N-dealkylation sites (tertiary alicyclic amines) is 1. The number of aliphatic hydroxyl groups excluding tert-OH is 1. The molecule has 0 bridgehead atoms. The normalized spacial score (nSPS) is 15.3. The van der Waals surface area contributed by atoms with E-state index >= 15 is 0 Å². The minimum atomic E-state index is -0.0672. The van der Waals surface area contributed by atoms with Gasteiger partial charge in [-0.1, -0.05) is 19.1 Å². The van der Waals surface area contributed by atoms with Gasteiger partial charge < -0.3 is 24.1 Å². The van der Waals surface area contributed by atoms with Crippen molar-refractivity contribution < 1.29 is 14.3 Å². The number of hydrogen-bond donors (Lipinski definition) is 2. The van der Waals surface area contributed by atoms with Crippen LogP contribution in [-0.2, 0) is 4.74 Å². The summed E-state index contributed by atoms with van der Waals surface area (Å²) in [6, 6.07) is 1.80. The molecule has 32 heavy (non-hydrogen) atoms. The number of rotatable bonds is 7. The molecule has 8 heteroatoms. The lowest BCUT2D eigenvalue weighted by atomic mass is 10.1. The lowest BCUT2D eigenvalue weighted by Gasteiger charge is -2.20. The van der Waals surface area contributed by atoms with E-state index in [4.69, 9.17) is 14.3 Å². The first-order valence-corrected chi connectivity index (χ1v) is 10.8. The van der Waals surface area contributed by atoms with Gasteiger partial charge in [-0.2, -0.15) is 0 Å². The zero-order valence-electron chi connectivity index (χ0n) is 18.8. The Morgan fingerprint density at radius 2 is 2.12 bits per heavy atom. The number of ether oxygens (including phenoxy) is 1. The largest absolute Gasteiger partial charge is 0.491 e. The summed E-state index contributed by atoms with van der Waals surface area (Å²) in [6.07, 6.45) is 14.3. The first kappa shape index (κ1) is 23.4. The second-order valence-corrected chi connectivity index (χ2v) is 7.41. The number of allylic oxidation sites excluding steroid dienone is 4. The number of oxazole rings is 1. The highest BCUT2D eigenvalue weighted by molar-refractivity contribution is 5.83. The van der Waals surface area contributed by atoms with Crippen LogP contribution in [0.5, 0.6) is 0 Å². The maximum atomic E-state index is 8.99. The molecule has 0 atom stereocenters. The first-order valence-electron chi connectivity index (χ1n) is 10.8. The lowest BCUT2D eigenvalue weighted by Crippen LogP contribution is -2.24. The molecule has 3 aromatic rings. The van der Waals surface area contributed by atoms with Crippen molar-refractivity contribution in [1.29, 1.82) is 0 Å². The van der Waals surface area contributed by atoms with Crippen LogP contribution >= 0.6 is 0 Å². The summed E-state index contributed by atoms with van der Waals surface area (Å²) in [4.78, 5) is 18.7. The Kier molecular flexibility index (Phi) is 8.77. The highest BCUT2D eigenvalue weighted by atomic mass is 16.5. The van der Waals surface area contributed by atoms with Gasteiger partial charge in [0.2, 0.25) is 5.89 Å². The number of hydrogen-bond acceptors (Lipinski definition) is 7. The van der Waals surface area contributed by atoms with Crippen molar-refractivity contribution in [3.63, 3.8) is 0 Å². The number of aliphatic hydroxyl groups is 1. The van der Waals surface area contributed by atoms with Crippen LogP contribution < -0.4 is 0 Å². The highest BCUT2D eigenvalue weighted by Crippen LogP contribution is 2.26. The van der Waals surface area contributed by atoms with Gasteiger partial charge in [0.25, 0.3) is 0 Å². The summed E-state index contributed by atoms with van der Waals surface area (Å²) in [7, 11) is 2.19. The van der Waals surface area contributed by atoms with Gasteiger partial charge in [0.15, 0.2) is 0 Å². The molecule has 0 amide bonds. The van der Waals surface area contributed by atoms with E-state index in [-0.39, 0.29) is 13.2 Å². The molecule has 2 N–H and O–H groups in total. The number of nitrogens with one attached hydrogen (secondary N) is 1. The van der Waals surface area contributed by atoms with Crippen LogP contribution in [0.4, 0.5) is 0 Å². The Hall–Kier alpha value is -3.23. The molecule has 170 valence electrons. The second-order valence-electron chi connectivity index (χ2n) is 7.41. The Bertz CT molecular complexity index is 1050. The molecule has 1 aliphatic heterocycles. The van der Waals surface area contributed by atoms with Crippen molar-refractivity contribution in [2.45, 2.75) is 26.2 Å². The smallest absolute Gasteiger partial charge is 0.245 e. The van der Waals surface area contributed by atoms with E-state index in [9.17, 15) is 0 Å². The van der Waals surface area contributed by atoms with Gasteiger partial charge >= 0.3 is 0 Å². The fraction of sp³-hybridized carbons (Fsp3) is 0.375. The summed E-state index contributed by atoms with van der Waals surface area (Å²) in [6.45, 7) is 8.37. The van der Waals surface area contributed by atoms with Crippen LogP contribution in [-0.4, -0.2) is 63.3 Å². The van der Waals surface area contributed by atoms with Crippen molar-refractivity contribution in [3.05, 3.63) is 61.1 Å². The Morgan fingerprint density at radius 1 is 1.31 bits per heavy atom. The first-order chi connectivity index (χ1) is 15.7. The van der Waals surface area contributed by atoms with Gasteiger partial charge in [0.1, 0.15) is 30.1 Å². The van der Waals surface area contributed by atoms with E-state index in [0.29, 0.717) is 23.2 Å². The number of aromatic nitrogens is 4. The number of piperidine rings is 1. The predicted molar refractivity (Wildman–Crippen MR) is 126 cm³/mol. The highest BCUT2D eigenvalue weighted by Gasteiger charge is 2.15. The molecule has 0 saturated carbocycles. The van der Waals surface area contributed by atoms with Crippen LogP contribution in [0.25, 0.3) is 28.2 Å². The van der Waals surface area contributed by atoms with Crippen LogP contribution in [0.3, 0.4) is 0 Å². The summed E-state index contributed by atoms with van der Waals surface area (Å²) in [5.41, 5.74) is 2.84. The monoisotopic (exact) mass is 437 g/mol. The van der Waals surface area contributed by atoms with Gasteiger partial charge in [0.05, 0.1) is 35.6 Å². The molecule has 0 aromatic carbocycles. The minimum absolute atomic E-state index is 0.0672. The number of imidazole rings is 1. The SMILES string of the molecule is C=C/C=C(\C(=C/C)OCCO)c1nc2cc(-c3ncco3)ncc2[nH]1.CN1CCCCC1. The van der Waals surface area contributed by atoms with E-state index in [1.807, 2.05) is 13.0 Å². The Balaban J connectivity index is 0.000000352. The third-order valence-electron chi connectivity index (χ3n) is 5.01. The number of H-pyrrole nitrogens is 1. The Morgan fingerprint density at radius 3 is 2.72 bits per heavy atom. The lowest BCUT2D eigenvalue weighted by molar-refractivity contribution is 0.153. The van der Waals surface area contributed by atoms with E-state index in [1.165, 1.54) is 38.6 Å². The van der Waals surface area contributed by atoms with E-state index < -0.39 is 0 Å². The molecule has 8 nitrogen and oxygen atoms in total.